The minimum atomic E-state index is 0.00745. The summed E-state index contributed by atoms with van der Waals surface area (Å²) >= 11 is 0. The van der Waals surface area contributed by atoms with Crippen molar-refractivity contribution in [1.29, 1.82) is 0 Å². The summed E-state index contributed by atoms with van der Waals surface area (Å²) in [6.07, 6.45) is 8.81. The summed E-state index contributed by atoms with van der Waals surface area (Å²) in [6, 6.07) is 0.00745. The van der Waals surface area contributed by atoms with E-state index in [2.05, 4.69) is 16.4 Å². The van der Waals surface area contributed by atoms with Crippen molar-refractivity contribution in [2.24, 2.45) is 12.8 Å². The molecule has 1 aliphatic carbocycles. The third-order valence-electron chi connectivity index (χ3n) is 2.62. The Labute approximate surface area is 83.8 Å². The monoisotopic (exact) mass is 192 g/mol. The van der Waals surface area contributed by atoms with Crippen molar-refractivity contribution in [2.45, 2.75) is 31.7 Å². The molecule has 1 heterocycles. The van der Waals surface area contributed by atoms with E-state index in [-0.39, 0.29) is 6.04 Å². The highest BCUT2D eigenvalue weighted by Gasteiger charge is 2.13. The summed E-state index contributed by atoms with van der Waals surface area (Å²) in [6.45, 7) is 0. The Morgan fingerprint density at radius 3 is 3.07 bits per heavy atom. The molecule has 0 amide bonds. The van der Waals surface area contributed by atoms with Crippen LogP contribution in [0.15, 0.2) is 17.8 Å². The first kappa shape index (κ1) is 9.40. The fourth-order valence-electron chi connectivity index (χ4n) is 1.84. The summed E-state index contributed by atoms with van der Waals surface area (Å²) in [5.74, 6) is 0. The van der Waals surface area contributed by atoms with E-state index in [9.17, 15) is 0 Å². The molecule has 0 fully saturated rings. The number of aromatic nitrogens is 3. The quantitative estimate of drug-likeness (QED) is 0.735. The molecule has 0 spiro atoms. The Morgan fingerprint density at radius 2 is 2.50 bits per heavy atom. The van der Waals surface area contributed by atoms with Crippen LogP contribution in [0.25, 0.3) is 0 Å². The Kier molecular flexibility index (Phi) is 2.63. The van der Waals surface area contributed by atoms with E-state index in [1.807, 2.05) is 13.2 Å². The molecule has 4 nitrogen and oxygen atoms in total. The van der Waals surface area contributed by atoms with Crippen molar-refractivity contribution >= 4 is 0 Å². The molecule has 4 heteroatoms. The van der Waals surface area contributed by atoms with Crippen molar-refractivity contribution in [3.8, 4) is 0 Å². The number of hydrogen-bond donors (Lipinski definition) is 1. The van der Waals surface area contributed by atoms with Gasteiger partial charge in [0.25, 0.3) is 0 Å². The smallest absolute Gasteiger partial charge is 0.0997 e. The highest BCUT2D eigenvalue weighted by Crippen LogP contribution is 2.25. The summed E-state index contributed by atoms with van der Waals surface area (Å²) in [4.78, 5) is 0. The average molecular weight is 192 g/mol. The molecule has 76 valence electrons. The molecule has 1 unspecified atom stereocenters. The summed E-state index contributed by atoms with van der Waals surface area (Å²) in [5.41, 5.74) is 8.40. The first-order valence-electron chi connectivity index (χ1n) is 5.05. The van der Waals surface area contributed by atoms with Crippen LogP contribution < -0.4 is 5.73 Å². The molecule has 2 N–H and O–H groups in total. The van der Waals surface area contributed by atoms with E-state index in [4.69, 9.17) is 5.73 Å². The van der Waals surface area contributed by atoms with Gasteiger partial charge >= 0.3 is 0 Å². The Bertz CT molecular complexity index is 340. The minimum Gasteiger partial charge on any atom is -0.322 e. The van der Waals surface area contributed by atoms with Gasteiger partial charge in [0.1, 0.15) is 0 Å². The molecule has 0 saturated heterocycles. The van der Waals surface area contributed by atoms with Crippen molar-refractivity contribution in [3.63, 3.8) is 0 Å². The van der Waals surface area contributed by atoms with E-state index in [0.717, 1.165) is 12.1 Å². The zero-order valence-electron chi connectivity index (χ0n) is 8.48. The van der Waals surface area contributed by atoms with Crippen LogP contribution in [0.4, 0.5) is 0 Å². The number of aryl methyl sites for hydroxylation is 1. The Morgan fingerprint density at radius 1 is 1.64 bits per heavy atom. The van der Waals surface area contributed by atoms with E-state index >= 15 is 0 Å². The van der Waals surface area contributed by atoms with Crippen LogP contribution in [0.3, 0.4) is 0 Å². The predicted octanol–water partition coefficient (Wildman–Crippen LogP) is 1.32. The molecule has 0 aromatic carbocycles. The molecular formula is C10H16N4. The third-order valence-corrected chi connectivity index (χ3v) is 2.62. The molecule has 1 aromatic rings. The van der Waals surface area contributed by atoms with Crippen molar-refractivity contribution in [3.05, 3.63) is 23.5 Å². The van der Waals surface area contributed by atoms with Crippen molar-refractivity contribution < 1.29 is 0 Å². The standard InChI is InChI=1S/C10H16N4/c1-14-7-10(12-13-14)9(11)6-8-4-2-3-5-8/h4,7,9H,2-3,5-6,11H2,1H3. The van der Waals surface area contributed by atoms with E-state index in [1.165, 1.54) is 24.8 Å². The van der Waals surface area contributed by atoms with Gasteiger partial charge in [0.05, 0.1) is 11.7 Å². The Hall–Kier alpha value is -1.16. The molecule has 1 aromatic heterocycles. The molecule has 0 saturated carbocycles. The van der Waals surface area contributed by atoms with Crippen LogP contribution in [0, 0.1) is 0 Å². The lowest BCUT2D eigenvalue weighted by Crippen LogP contribution is -2.11. The second-order valence-corrected chi connectivity index (χ2v) is 3.88. The highest BCUT2D eigenvalue weighted by molar-refractivity contribution is 5.12. The van der Waals surface area contributed by atoms with Gasteiger partial charge in [0.2, 0.25) is 0 Å². The number of rotatable bonds is 3. The largest absolute Gasteiger partial charge is 0.322 e. The normalized spacial score (nSPS) is 18.3. The van der Waals surface area contributed by atoms with Crippen LogP contribution in [0.5, 0.6) is 0 Å². The second-order valence-electron chi connectivity index (χ2n) is 3.88. The fourth-order valence-corrected chi connectivity index (χ4v) is 1.84. The van der Waals surface area contributed by atoms with E-state index < -0.39 is 0 Å². The summed E-state index contributed by atoms with van der Waals surface area (Å²) in [5, 5.41) is 7.90. The van der Waals surface area contributed by atoms with Gasteiger partial charge in [-0.25, -0.2) is 0 Å². The molecule has 0 aliphatic heterocycles. The van der Waals surface area contributed by atoms with Gasteiger partial charge in [-0.2, -0.15) is 0 Å². The maximum atomic E-state index is 6.03. The van der Waals surface area contributed by atoms with Gasteiger partial charge < -0.3 is 5.73 Å². The summed E-state index contributed by atoms with van der Waals surface area (Å²) < 4.78 is 1.69. The van der Waals surface area contributed by atoms with Crippen LogP contribution in [0.1, 0.15) is 37.4 Å². The summed E-state index contributed by atoms with van der Waals surface area (Å²) in [7, 11) is 1.86. The van der Waals surface area contributed by atoms with Gasteiger partial charge in [0, 0.05) is 13.2 Å². The molecule has 1 atom stereocenters. The van der Waals surface area contributed by atoms with Crippen molar-refractivity contribution in [1.82, 2.24) is 15.0 Å². The maximum Gasteiger partial charge on any atom is 0.0997 e. The molecule has 0 bridgehead atoms. The number of allylic oxidation sites excluding steroid dienone is 1. The topological polar surface area (TPSA) is 56.7 Å². The van der Waals surface area contributed by atoms with Gasteiger partial charge in [0.15, 0.2) is 0 Å². The van der Waals surface area contributed by atoms with Gasteiger partial charge in [-0.15, -0.1) is 5.10 Å². The van der Waals surface area contributed by atoms with Crippen LogP contribution in [-0.2, 0) is 7.05 Å². The molecule has 1 aliphatic rings. The second kappa shape index (κ2) is 3.92. The maximum absolute atomic E-state index is 6.03. The predicted molar refractivity (Wildman–Crippen MR) is 54.5 cm³/mol. The SMILES string of the molecule is Cn1cc(C(N)CC2=CCCC2)nn1. The third kappa shape index (κ3) is 2.01. The van der Waals surface area contributed by atoms with Crippen LogP contribution >= 0.6 is 0 Å². The molecule has 14 heavy (non-hydrogen) atoms. The lowest BCUT2D eigenvalue weighted by molar-refractivity contribution is 0.668. The van der Waals surface area contributed by atoms with Gasteiger partial charge in [-0.3, -0.25) is 4.68 Å². The van der Waals surface area contributed by atoms with Gasteiger partial charge in [-0.1, -0.05) is 16.9 Å². The molecule has 2 rings (SSSR count). The molecule has 0 radical (unpaired) electrons. The molecular weight excluding hydrogens is 176 g/mol. The average Bonchev–Trinajstić information content (AvgIpc) is 2.75. The first-order valence-corrected chi connectivity index (χ1v) is 5.05. The van der Waals surface area contributed by atoms with Gasteiger partial charge in [-0.05, 0) is 25.7 Å². The number of hydrogen-bond acceptors (Lipinski definition) is 3. The Balaban J connectivity index is 1.98. The lowest BCUT2D eigenvalue weighted by Gasteiger charge is -2.08. The van der Waals surface area contributed by atoms with E-state index in [1.54, 1.807) is 4.68 Å². The number of nitrogens with two attached hydrogens (primary N) is 1. The number of nitrogens with zero attached hydrogens (tertiary/aromatic N) is 3. The zero-order valence-corrected chi connectivity index (χ0v) is 8.48. The van der Waals surface area contributed by atoms with Crippen LogP contribution in [-0.4, -0.2) is 15.0 Å². The minimum absolute atomic E-state index is 0.00745. The lowest BCUT2D eigenvalue weighted by atomic mass is 10.0. The fraction of sp³-hybridized carbons (Fsp3) is 0.600. The highest BCUT2D eigenvalue weighted by atomic mass is 15.4. The van der Waals surface area contributed by atoms with Crippen LogP contribution in [0.2, 0.25) is 0 Å². The van der Waals surface area contributed by atoms with Crippen molar-refractivity contribution in [2.75, 3.05) is 0 Å². The first-order chi connectivity index (χ1) is 6.75. The van der Waals surface area contributed by atoms with E-state index in [0.29, 0.717) is 0 Å². The zero-order chi connectivity index (χ0) is 9.97.